The van der Waals surface area contributed by atoms with Crippen LogP contribution < -0.4 is 5.32 Å². The Morgan fingerprint density at radius 2 is 2.17 bits per heavy atom. The Kier molecular flexibility index (Phi) is 5.88. The number of carbonyl (C=O) groups excluding carboxylic acids is 1. The molecule has 0 spiro atoms. The smallest absolute Gasteiger partial charge is 0.410 e. The normalized spacial score (nSPS) is 18.1. The summed E-state index contributed by atoms with van der Waals surface area (Å²) in [7, 11) is 1.69. The van der Waals surface area contributed by atoms with Crippen molar-refractivity contribution in [3.8, 4) is 0 Å². The van der Waals surface area contributed by atoms with Crippen LogP contribution in [0.5, 0.6) is 0 Å². The van der Waals surface area contributed by atoms with E-state index in [2.05, 4.69) is 11.4 Å². The minimum atomic E-state index is -0.452. The molecule has 1 aliphatic rings. The fourth-order valence-electron chi connectivity index (χ4n) is 2.78. The molecule has 1 saturated heterocycles. The number of ether oxygens (including phenoxy) is 2. The summed E-state index contributed by atoms with van der Waals surface area (Å²) in [6.45, 7) is 7.80. The number of nitrogens with one attached hydrogen (secondary N) is 1. The molecule has 0 radical (unpaired) electrons. The summed E-state index contributed by atoms with van der Waals surface area (Å²) in [5.74, 6) is 0. The fraction of sp³-hybridized carbons (Fsp3) is 0.611. The van der Waals surface area contributed by atoms with Crippen LogP contribution in [-0.2, 0) is 16.1 Å². The lowest BCUT2D eigenvalue weighted by Crippen LogP contribution is -2.42. The van der Waals surface area contributed by atoms with Crippen molar-refractivity contribution < 1.29 is 14.3 Å². The first kappa shape index (κ1) is 17.6. The predicted octanol–water partition coefficient (Wildman–Crippen LogP) is 3.64. The monoisotopic (exact) mass is 320 g/mol. The number of anilines is 1. The molecule has 0 aliphatic carbocycles. The highest BCUT2D eigenvalue weighted by atomic mass is 16.6. The summed E-state index contributed by atoms with van der Waals surface area (Å²) in [5, 5.41) is 3.43. The number of benzene rings is 1. The van der Waals surface area contributed by atoms with Crippen molar-refractivity contribution in [3.05, 3.63) is 29.8 Å². The van der Waals surface area contributed by atoms with Gasteiger partial charge in [0.15, 0.2) is 0 Å². The summed E-state index contributed by atoms with van der Waals surface area (Å²) >= 11 is 0. The summed E-state index contributed by atoms with van der Waals surface area (Å²) in [5.41, 5.74) is 1.73. The highest BCUT2D eigenvalue weighted by Gasteiger charge is 2.31. The Balaban J connectivity index is 1.91. The van der Waals surface area contributed by atoms with Crippen LogP contribution in [0.1, 0.15) is 39.2 Å². The second-order valence-electron chi connectivity index (χ2n) is 6.98. The number of likely N-dealkylation sites (tertiary alicyclic amines) is 1. The Morgan fingerprint density at radius 1 is 1.39 bits per heavy atom. The lowest BCUT2D eigenvalue weighted by molar-refractivity contribution is 0.0235. The molecule has 0 saturated carbocycles. The SMILES string of the molecule is COCc1cccc(NCC2CCCN2C(=O)OC(C)(C)C)c1. The summed E-state index contributed by atoms with van der Waals surface area (Å²) in [6, 6.07) is 8.34. The van der Waals surface area contributed by atoms with Gasteiger partial charge >= 0.3 is 6.09 Å². The second kappa shape index (κ2) is 7.68. The maximum absolute atomic E-state index is 12.3. The van der Waals surface area contributed by atoms with Crippen LogP contribution in [0.3, 0.4) is 0 Å². The molecule has 1 aromatic rings. The van der Waals surface area contributed by atoms with Crippen LogP contribution in [-0.4, -0.2) is 42.8 Å². The molecule has 1 aromatic carbocycles. The third-order valence-electron chi connectivity index (χ3n) is 3.78. The first-order chi connectivity index (χ1) is 10.9. The van der Waals surface area contributed by atoms with E-state index in [4.69, 9.17) is 9.47 Å². The summed E-state index contributed by atoms with van der Waals surface area (Å²) in [6.07, 6.45) is 1.81. The van der Waals surface area contributed by atoms with Gasteiger partial charge < -0.3 is 19.7 Å². The van der Waals surface area contributed by atoms with Crippen LogP contribution in [0.15, 0.2) is 24.3 Å². The Bertz CT molecular complexity index is 525. The van der Waals surface area contributed by atoms with Gasteiger partial charge in [0.05, 0.1) is 12.6 Å². The van der Waals surface area contributed by atoms with Gasteiger partial charge in [-0.2, -0.15) is 0 Å². The van der Waals surface area contributed by atoms with E-state index in [0.29, 0.717) is 6.61 Å². The minimum absolute atomic E-state index is 0.177. The van der Waals surface area contributed by atoms with Gasteiger partial charge in [0.2, 0.25) is 0 Å². The highest BCUT2D eigenvalue weighted by Crippen LogP contribution is 2.21. The quantitative estimate of drug-likeness (QED) is 0.900. The van der Waals surface area contributed by atoms with Crippen molar-refractivity contribution >= 4 is 11.8 Å². The minimum Gasteiger partial charge on any atom is -0.444 e. The lowest BCUT2D eigenvalue weighted by Gasteiger charge is -2.29. The number of carbonyl (C=O) groups is 1. The van der Waals surface area contributed by atoms with Gasteiger partial charge in [-0.25, -0.2) is 4.79 Å². The molecular weight excluding hydrogens is 292 g/mol. The van der Waals surface area contributed by atoms with Crippen LogP contribution in [0.4, 0.5) is 10.5 Å². The topological polar surface area (TPSA) is 50.8 Å². The summed E-state index contributed by atoms with van der Waals surface area (Å²) in [4.78, 5) is 14.1. The molecule has 1 aliphatic heterocycles. The molecule has 23 heavy (non-hydrogen) atoms. The fourth-order valence-corrected chi connectivity index (χ4v) is 2.78. The number of hydrogen-bond acceptors (Lipinski definition) is 4. The summed E-state index contributed by atoms with van der Waals surface area (Å²) < 4.78 is 10.7. The highest BCUT2D eigenvalue weighted by molar-refractivity contribution is 5.69. The molecule has 0 aromatic heterocycles. The van der Waals surface area contributed by atoms with E-state index in [1.54, 1.807) is 7.11 Å². The lowest BCUT2D eigenvalue weighted by atomic mass is 10.2. The van der Waals surface area contributed by atoms with Crippen molar-refractivity contribution in [3.63, 3.8) is 0 Å². The largest absolute Gasteiger partial charge is 0.444 e. The van der Waals surface area contributed by atoms with Crippen LogP contribution >= 0.6 is 0 Å². The van der Waals surface area contributed by atoms with Gasteiger partial charge in [-0.15, -0.1) is 0 Å². The molecule has 0 bridgehead atoms. The van der Waals surface area contributed by atoms with E-state index in [-0.39, 0.29) is 12.1 Å². The number of rotatable bonds is 5. The van der Waals surface area contributed by atoms with Gasteiger partial charge in [-0.1, -0.05) is 12.1 Å². The zero-order chi connectivity index (χ0) is 16.9. The van der Waals surface area contributed by atoms with Gasteiger partial charge in [-0.05, 0) is 51.3 Å². The molecular formula is C18H28N2O3. The predicted molar refractivity (Wildman–Crippen MR) is 91.6 cm³/mol. The maximum Gasteiger partial charge on any atom is 0.410 e. The molecule has 1 unspecified atom stereocenters. The number of methoxy groups -OCH3 is 1. The Hall–Kier alpha value is -1.75. The van der Waals surface area contributed by atoms with Crippen molar-refractivity contribution in [2.45, 2.75) is 51.9 Å². The molecule has 5 nitrogen and oxygen atoms in total. The Morgan fingerprint density at radius 3 is 2.87 bits per heavy atom. The van der Waals surface area contributed by atoms with E-state index in [0.717, 1.165) is 37.2 Å². The maximum atomic E-state index is 12.3. The van der Waals surface area contributed by atoms with E-state index in [9.17, 15) is 4.79 Å². The standard InChI is InChI=1S/C18H28N2O3/c1-18(2,3)23-17(21)20-10-6-9-16(20)12-19-15-8-5-7-14(11-15)13-22-4/h5,7-8,11,16,19H,6,9-10,12-13H2,1-4H3. The van der Waals surface area contributed by atoms with Crippen LogP contribution in [0, 0.1) is 0 Å². The molecule has 128 valence electrons. The molecule has 5 heteroatoms. The van der Waals surface area contributed by atoms with Gasteiger partial charge in [0, 0.05) is 25.9 Å². The van der Waals surface area contributed by atoms with Gasteiger partial charge in [-0.3, -0.25) is 0 Å². The van der Waals surface area contributed by atoms with E-state index in [1.807, 2.05) is 43.9 Å². The number of amides is 1. The molecule has 1 atom stereocenters. The molecule has 2 rings (SSSR count). The van der Waals surface area contributed by atoms with Crippen molar-refractivity contribution in [1.29, 1.82) is 0 Å². The van der Waals surface area contributed by atoms with E-state index in [1.165, 1.54) is 0 Å². The third-order valence-corrected chi connectivity index (χ3v) is 3.78. The zero-order valence-electron chi connectivity index (χ0n) is 14.6. The Labute approximate surface area is 139 Å². The second-order valence-corrected chi connectivity index (χ2v) is 6.98. The number of hydrogen-bond donors (Lipinski definition) is 1. The molecule has 1 fully saturated rings. The van der Waals surface area contributed by atoms with Crippen molar-refractivity contribution in [1.82, 2.24) is 4.90 Å². The third kappa shape index (κ3) is 5.43. The van der Waals surface area contributed by atoms with Crippen LogP contribution in [0.2, 0.25) is 0 Å². The zero-order valence-corrected chi connectivity index (χ0v) is 14.6. The molecule has 1 heterocycles. The van der Waals surface area contributed by atoms with E-state index >= 15 is 0 Å². The molecule has 1 N–H and O–H groups in total. The van der Waals surface area contributed by atoms with E-state index < -0.39 is 5.60 Å². The van der Waals surface area contributed by atoms with Crippen molar-refractivity contribution in [2.75, 3.05) is 25.5 Å². The average Bonchev–Trinajstić information content (AvgIpc) is 2.93. The molecule has 1 amide bonds. The average molecular weight is 320 g/mol. The first-order valence-electron chi connectivity index (χ1n) is 8.20. The van der Waals surface area contributed by atoms with Gasteiger partial charge in [0.25, 0.3) is 0 Å². The van der Waals surface area contributed by atoms with Crippen LogP contribution in [0.25, 0.3) is 0 Å². The van der Waals surface area contributed by atoms with Crippen molar-refractivity contribution in [2.24, 2.45) is 0 Å². The first-order valence-corrected chi connectivity index (χ1v) is 8.20. The van der Waals surface area contributed by atoms with Gasteiger partial charge in [0.1, 0.15) is 5.60 Å². The number of nitrogens with zero attached hydrogens (tertiary/aromatic N) is 1.